The van der Waals surface area contributed by atoms with Crippen LogP contribution in [0.25, 0.3) is 0 Å². The van der Waals surface area contributed by atoms with E-state index >= 15 is 0 Å². The zero-order valence-corrected chi connectivity index (χ0v) is 17.9. The molecule has 1 fully saturated rings. The second kappa shape index (κ2) is 7.58. The van der Waals surface area contributed by atoms with Crippen LogP contribution < -0.4 is 0 Å². The average Bonchev–Trinajstić information content (AvgIpc) is 2.46. The van der Waals surface area contributed by atoms with Crippen LogP contribution in [0.4, 0.5) is 0 Å². The first-order chi connectivity index (χ1) is 10.8. The summed E-state index contributed by atoms with van der Waals surface area (Å²) in [5.74, 6) is -1.05. The van der Waals surface area contributed by atoms with E-state index in [1.807, 2.05) is 6.08 Å². The van der Waals surface area contributed by atoms with Crippen molar-refractivity contribution in [1.29, 1.82) is 0 Å². The molecule has 1 aliphatic heterocycles. The van der Waals surface area contributed by atoms with Gasteiger partial charge >= 0.3 is 0 Å². The minimum atomic E-state index is -1.89. The highest BCUT2D eigenvalue weighted by atomic mass is 28.4. The van der Waals surface area contributed by atoms with Gasteiger partial charge in [-0.25, -0.2) is 0 Å². The Balaban J connectivity index is 3.00. The number of hydrogen-bond donors (Lipinski definition) is 1. The summed E-state index contributed by atoms with van der Waals surface area (Å²) in [5, 5.41) is 10.8. The molecule has 0 radical (unpaired) electrons. The standard InChI is InChI=1S/C19H38O4Si/c1-10-11-15-12-13-16(20)19(21-7,23-15)18(5,6)14-22-24(8,9)17(2,3)4/h10,15-16,20H,1,11-14H2,2-9H3/t15-,16?,19?/m1/s1. The van der Waals surface area contributed by atoms with Gasteiger partial charge in [-0.3, -0.25) is 0 Å². The highest BCUT2D eigenvalue weighted by molar-refractivity contribution is 6.74. The third kappa shape index (κ3) is 4.30. The average molecular weight is 359 g/mol. The van der Waals surface area contributed by atoms with Gasteiger partial charge in [-0.2, -0.15) is 0 Å². The largest absolute Gasteiger partial charge is 0.416 e. The Hall–Kier alpha value is -0.203. The van der Waals surface area contributed by atoms with Gasteiger partial charge in [0.05, 0.1) is 6.10 Å². The fraction of sp³-hybridized carbons (Fsp3) is 0.895. The van der Waals surface area contributed by atoms with Crippen molar-refractivity contribution in [1.82, 2.24) is 0 Å². The number of methoxy groups -OCH3 is 1. The predicted octanol–water partition coefficient (Wildman–Crippen LogP) is 4.49. The molecule has 0 amide bonds. The molecule has 1 aliphatic rings. The van der Waals surface area contributed by atoms with Crippen LogP contribution in [0.2, 0.25) is 18.1 Å². The summed E-state index contributed by atoms with van der Waals surface area (Å²) in [6.07, 6.45) is 3.46. The van der Waals surface area contributed by atoms with Crippen LogP contribution in [-0.2, 0) is 13.9 Å². The van der Waals surface area contributed by atoms with Gasteiger partial charge in [0, 0.05) is 19.1 Å². The first kappa shape index (κ1) is 21.8. The van der Waals surface area contributed by atoms with Crippen molar-refractivity contribution in [2.45, 2.75) is 90.0 Å². The lowest BCUT2D eigenvalue weighted by molar-refractivity contribution is -0.359. The quantitative estimate of drug-likeness (QED) is 0.538. The molecule has 0 aliphatic carbocycles. The van der Waals surface area contributed by atoms with Crippen molar-refractivity contribution >= 4 is 8.32 Å². The molecule has 3 atom stereocenters. The molecule has 24 heavy (non-hydrogen) atoms. The van der Waals surface area contributed by atoms with E-state index in [0.29, 0.717) is 13.0 Å². The van der Waals surface area contributed by atoms with Crippen molar-refractivity contribution < 1.29 is 19.0 Å². The van der Waals surface area contributed by atoms with Gasteiger partial charge in [0.15, 0.2) is 8.32 Å². The van der Waals surface area contributed by atoms with Crippen molar-refractivity contribution in [2.24, 2.45) is 5.41 Å². The molecule has 0 aromatic heterocycles. The van der Waals surface area contributed by atoms with Gasteiger partial charge < -0.3 is 19.0 Å². The highest BCUT2D eigenvalue weighted by Gasteiger charge is 2.56. The van der Waals surface area contributed by atoms with E-state index in [0.717, 1.165) is 12.8 Å². The maximum Gasteiger partial charge on any atom is 0.201 e. The molecule has 1 N–H and O–H groups in total. The fourth-order valence-corrected chi connectivity index (χ4v) is 4.17. The second-order valence-electron chi connectivity index (χ2n) is 9.16. The van der Waals surface area contributed by atoms with Crippen LogP contribution in [-0.4, -0.2) is 45.1 Å². The van der Waals surface area contributed by atoms with E-state index < -0.39 is 25.6 Å². The van der Waals surface area contributed by atoms with Gasteiger partial charge in [-0.1, -0.05) is 40.7 Å². The fourth-order valence-electron chi connectivity index (χ4n) is 3.02. The summed E-state index contributed by atoms with van der Waals surface area (Å²) in [7, 11) is -0.268. The van der Waals surface area contributed by atoms with E-state index in [1.54, 1.807) is 7.11 Å². The predicted molar refractivity (Wildman–Crippen MR) is 102 cm³/mol. The lowest BCUT2D eigenvalue weighted by Crippen LogP contribution is -2.63. The summed E-state index contributed by atoms with van der Waals surface area (Å²) < 4.78 is 18.5. The van der Waals surface area contributed by atoms with Crippen molar-refractivity contribution in [3.63, 3.8) is 0 Å². The smallest absolute Gasteiger partial charge is 0.201 e. The molecule has 0 aromatic carbocycles. The Morgan fingerprint density at radius 3 is 2.29 bits per heavy atom. The molecule has 0 saturated carbocycles. The zero-order valence-electron chi connectivity index (χ0n) is 16.9. The van der Waals surface area contributed by atoms with Crippen molar-refractivity contribution in [2.75, 3.05) is 13.7 Å². The molecule has 0 spiro atoms. The van der Waals surface area contributed by atoms with Gasteiger partial charge in [0.1, 0.15) is 6.10 Å². The zero-order chi connectivity index (χ0) is 18.8. The maximum absolute atomic E-state index is 10.7. The van der Waals surface area contributed by atoms with Crippen LogP contribution >= 0.6 is 0 Å². The highest BCUT2D eigenvalue weighted by Crippen LogP contribution is 2.46. The van der Waals surface area contributed by atoms with E-state index in [-0.39, 0.29) is 11.1 Å². The van der Waals surface area contributed by atoms with E-state index in [4.69, 9.17) is 13.9 Å². The van der Waals surface area contributed by atoms with Gasteiger partial charge in [-0.15, -0.1) is 6.58 Å². The second-order valence-corrected chi connectivity index (χ2v) is 14.0. The van der Waals surface area contributed by atoms with Crippen LogP contribution in [0.15, 0.2) is 12.7 Å². The molecule has 1 saturated heterocycles. The SMILES string of the molecule is C=CC[C@@H]1CCC(O)C(OC)(C(C)(C)CO[Si](C)(C)C(C)(C)C)O1. The molecule has 0 bridgehead atoms. The molecular weight excluding hydrogens is 320 g/mol. The molecule has 1 rings (SSSR count). The normalized spacial score (nSPS) is 29.5. The summed E-state index contributed by atoms with van der Waals surface area (Å²) in [6, 6.07) is 0. The summed E-state index contributed by atoms with van der Waals surface area (Å²) in [6.45, 7) is 19.6. The van der Waals surface area contributed by atoms with Crippen molar-refractivity contribution in [3.05, 3.63) is 12.7 Å². The van der Waals surface area contributed by atoms with Crippen LogP contribution in [0, 0.1) is 5.41 Å². The monoisotopic (exact) mass is 358 g/mol. The molecular formula is C19H38O4Si. The first-order valence-electron chi connectivity index (χ1n) is 8.99. The Morgan fingerprint density at radius 2 is 1.83 bits per heavy atom. The first-order valence-corrected chi connectivity index (χ1v) is 11.9. The van der Waals surface area contributed by atoms with Crippen LogP contribution in [0.5, 0.6) is 0 Å². The van der Waals surface area contributed by atoms with E-state index in [9.17, 15) is 5.11 Å². The minimum Gasteiger partial charge on any atom is -0.416 e. The van der Waals surface area contributed by atoms with Crippen molar-refractivity contribution in [3.8, 4) is 0 Å². The third-order valence-corrected chi connectivity index (χ3v) is 10.3. The third-order valence-electron chi connectivity index (χ3n) is 5.82. The molecule has 0 aromatic rings. The Bertz CT molecular complexity index is 428. The van der Waals surface area contributed by atoms with Gasteiger partial charge in [0.2, 0.25) is 5.79 Å². The molecule has 5 heteroatoms. The van der Waals surface area contributed by atoms with Crippen LogP contribution in [0.3, 0.4) is 0 Å². The number of rotatable bonds is 7. The Kier molecular flexibility index (Phi) is 6.90. The van der Waals surface area contributed by atoms with Gasteiger partial charge in [0.25, 0.3) is 0 Å². The lowest BCUT2D eigenvalue weighted by atomic mass is 9.77. The molecule has 1 heterocycles. The lowest BCUT2D eigenvalue weighted by Gasteiger charge is -2.53. The summed E-state index contributed by atoms with van der Waals surface area (Å²) in [5.41, 5.74) is -0.476. The minimum absolute atomic E-state index is 0.0259. The molecule has 2 unspecified atom stereocenters. The number of hydrogen-bond acceptors (Lipinski definition) is 4. The van der Waals surface area contributed by atoms with Gasteiger partial charge in [-0.05, 0) is 37.4 Å². The van der Waals surface area contributed by atoms with Crippen LogP contribution in [0.1, 0.15) is 53.9 Å². The maximum atomic E-state index is 10.7. The van der Waals surface area contributed by atoms with E-state index in [2.05, 4.69) is 54.3 Å². The summed E-state index contributed by atoms with van der Waals surface area (Å²) in [4.78, 5) is 0. The topological polar surface area (TPSA) is 47.9 Å². The molecule has 4 nitrogen and oxygen atoms in total. The number of aliphatic hydroxyl groups is 1. The number of aliphatic hydroxyl groups excluding tert-OH is 1. The van der Waals surface area contributed by atoms with E-state index in [1.165, 1.54) is 0 Å². The number of ether oxygens (including phenoxy) is 2. The Labute approximate surface area is 149 Å². The molecule has 142 valence electrons. The Morgan fingerprint density at radius 1 is 1.25 bits per heavy atom. The summed E-state index contributed by atoms with van der Waals surface area (Å²) >= 11 is 0.